The van der Waals surface area contributed by atoms with Crippen molar-refractivity contribution in [2.24, 2.45) is 17.8 Å². The highest BCUT2D eigenvalue weighted by atomic mass is 16.7. The standard InChI is InChI=1S/C25H30N2O7/c1-31-23(28)21-17-12-19-22-16(15-6-4-5-7-18(15)27(22)24(29)32-2)10-11-26(19)13-14(17)8-9-20(21)34-25(30)33-3/h4-7,14,17,19-21H,8-13H2,1-3H3/t14-,17-,19-,20-,21+/m0/s1. The molecule has 3 aliphatic rings. The van der Waals surface area contributed by atoms with Crippen molar-refractivity contribution in [2.75, 3.05) is 34.4 Å². The Kier molecular flexibility index (Phi) is 5.97. The van der Waals surface area contributed by atoms with Crippen molar-refractivity contribution < 1.29 is 33.3 Å². The van der Waals surface area contributed by atoms with Crippen LogP contribution in [0.15, 0.2) is 24.3 Å². The third-order valence-corrected chi connectivity index (χ3v) is 7.92. The Hall–Kier alpha value is -3.07. The van der Waals surface area contributed by atoms with Gasteiger partial charge in [-0.25, -0.2) is 14.2 Å². The SMILES string of the molecule is COC(=O)O[C@H]1CC[C@H]2CN3CCc4c(n(C(=O)OC)c5ccccc45)[C@@H]3C[C@@H]2[C@H]1C(=O)OC. The fraction of sp³-hybridized carbons (Fsp3) is 0.560. The molecular weight excluding hydrogens is 440 g/mol. The predicted molar refractivity (Wildman–Crippen MR) is 121 cm³/mol. The van der Waals surface area contributed by atoms with Crippen LogP contribution >= 0.6 is 0 Å². The molecule has 34 heavy (non-hydrogen) atoms. The molecule has 9 heteroatoms. The Bertz CT molecular complexity index is 1130. The van der Waals surface area contributed by atoms with Gasteiger partial charge < -0.3 is 18.9 Å². The molecule has 5 atom stereocenters. The number of hydrogen-bond acceptors (Lipinski definition) is 8. The number of fused-ring (bicyclic) bond motifs is 6. The summed E-state index contributed by atoms with van der Waals surface area (Å²) in [7, 11) is 4.02. The minimum absolute atomic E-state index is 0.0489. The molecule has 2 aromatic rings. The maximum Gasteiger partial charge on any atom is 0.508 e. The number of methoxy groups -OCH3 is 3. The van der Waals surface area contributed by atoms with E-state index < -0.39 is 24.3 Å². The number of nitrogens with zero attached hydrogens (tertiary/aromatic N) is 2. The highest BCUT2D eigenvalue weighted by Gasteiger charge is 2.52. The lowest BCUT2D eigenvalue weighted by atomic mass is 9.64. The average molecular weight is 471 g/mol. The molecule has 1 saturated carbocycles. The number of piperidine rings is 1. The van der Waals surface area contributed by atoms with Crippen LogP contribution in [0.3, 0.4) is 0 Å². The molecule has 1 saturated heterocycles. The molecule has 2 aliphatic heterocycles. The minimum atomic E-state index is -0.791. The molecule has 1 aromatic carbocycles. The van der Waals surface area contributed by atoms with Crippen molar-refractivity contribution >= 4 is 29.1 Å². The van der Waals surface area contributed by atoms with Crippen molar-refractivity contribution in [3.05, 3.63) is 35.5 Å². The van der Waals surface area contributed by atoms with Gasteiger partial charge in [-0.15, -0.1) is 0 Å². The summed E-state index contributed by atoms with van der Waals surface area (Å²) in [4.78, 5) is 40.2. The van der Waals surface area contributed by atoms with E-state index in [0.29, 0.717) is 12.8 Å². The summed E-state index contributed by atoms with van der Waals surface area (Å²) in [5.41, 5.74) is 2.94. The van der Waals surface area contributed by atoms with Crippen LogP contribution in [0.2, 0.25) is 0 Å². The van der Waals surface area contributed by atoms with E-state index in [9.17, 15) is 14.4 Å². The molecule has 5 rings (SSSR count). The summed E-state index contributed by atoms with van der Waals surface area (Å²) in [6.45, 7) is 1.71. The molecule has 1 aromatic heterocycles. The van der Waals surface area contributed by atoms with Crippen LogP contribution in [0, 0.1) is 17.8 Å². The van der Waals surface area contributed by atoms with Crippen molar-refractivity contribution in [1.82, 2.24) is 9.47 Å². The lowest BCUT2D eigenvalue weighted by molar-refractivity contribution is -0.161. The second kappa shape index (κ2) is 8.94. The first kappa shape index (κ1) is 22.7. The van der Waals surface area contributed by atoms with Gasteiger partial charge in [0.25, 0.3) is 0 Å². The second-order valence-corrected chi connectivity index (χ2v) is 9.34. The van der Waals surface area contributed by atoms with E-state index in [1.807, 2.05) is 24.3 Å². The van der Waals surface area contributed by atoms with Gasteiger partial charge in [0.05, 0.1) is 44.5 Å². The first-order chi connectivity index (χ1) is 16.5. The molecule has 9 nitrogen and oxygen atoms in total. The molecule has 0 radical (unpaired) electrons. The summed E-state index contributed by atoms with van der Waals surface area (Å²) >= 11 is 0. The van der Waals surface area contributed by atoms with Crippen LogP contribution in [-0.2, 0) is 30.2 Å². The van der Waals surface area contributed by atoms with Gasteiger partial charge in [-0.2, -0.15) is 0 Å². The quantitative estimate of drug-likeness (QED) is 0.486. The van der Waals surface area contributed by atoms with Gasteiger partial charge in [0.1, 0.15) is 6.10 Å². The number of ether oxygens (including phenoxy) is 4. The smallest absolute Gasteiger partial charge is 0.469 e. The van der Waals surface area contributed by atoms with E-state index in [4.69, 9.17) is 18.9 Å². The van der Waals surface area contributed by atoms with Gasteiger partial charge >= 0.3 is 18.2 Å². The fourth-order valence-electron chi connectivity index (χ4n) is 6.52. The number of rotatable bonds is 2. The third kappa shape index (κ3) is 3.53. The molecule has 2 fully saturated rings. The Balaban J connectivity index is 1.56. The number of esters is 1. The topological polar surface area (TPSA) is 96.3 Å². The fourth-order valence-corrected chi connectivity index (χ4v) is 6.52. The number of hydrogen-bond donors (Lipinski definition) is 0. The van der Waals surface area contributed by atoms with Crippen molar-refractivity contribution in [3.8, 4) is 0 Å². The maximum absolute atomic E-state index is 12.9. The number of carbonyl (C=O) groups is 3. The number of carbonyl (C=O) groups excluding carboxylic acids is 3. The van der Waals surface area contributed by atoms with E-state index in [0.717, 1.165) is 48.1 Å². The average Bonchev–Trinajstić information content (AvgIpc) is 3.21. The Morgan fingerprint density at radius 2 is 1.79 bits per heavy atom. The zero-order valence-corrected chi connectivity index (χ0v) is 19.7. The Morgan fingerprint density at radius 3 is 2.53 bits per heavy atom. The third-order valence-electron chi connectivity index (χ3n) is 7.92. The second-order valence-electron chi connectivity index (χ2n) is 9.34. The van der Waals surface area contributed by atoms with Crippen LogP contribution in [0.4, 0.5) is 9.59 Å². The molecule has 0 unspecified atom stereocenters. The normalized spacial score (nSPS) is 28.3. The molecule has 0 bridgehead atoms. The molecule has 3 heterocycles. The van der Waals surface area contributed by atoms with Crippen LogP contribution in [0.25, 0.3) is 10.9 Å². The van der Waals surface area contributed by atoms with Gasteiger partial charge in [-0.1, -0.05) is 18.2 Å². The van der Waals surface area contributed by atoms with Crippen LogP contribution in [0.1, 0.15) is 36.6 Å². The number of aromatic nitrogens is 1. The summed E-state index contributed by atoms with van der Waals surface area (Å²) in [5, 5.41) is 1.06. The van der Waals surface area contributed by atoms with Gasteiger partial charge in [-0.3, -0.25) is 9.69 Å². The van der Waals surface area contributed by atoms with Gasteiger partial charge in [0, 0.05) is 18.5 Å². The van der Waals surface area contributed by atoms with E-state index in [-0.39, 0.29) is 23.8 Å². The monoisotopic (exact) mass is 470 g/mol. The zero-order valence-electron chi connectivity index (χ0n) is 19.7. The van der Waals surface area contributed by atoms with E-state index >= 15 is 0 Å². The minimum Gasteiger partial charge on any atom is -0.469 e. The molecule has 182 valence electrons. The van der Waals surface area contributed by atoms with Crippen molar-refractivity contribution in [1.29, 1.82) is 0 Å². The maximum atomic E-state index is 12.9. The highest BCUT2D eigenvalue weighted by Crippen LogP contribution is 2.50. The molecular formula is C25H30N2O7. The van der Waals surface area contributed by atoms with Gasteiger partial charge in [-0.05, 0) is 49.1 Å². The number of benzene rings is 1. The first-order valence-electron chi connectivity index (χ1n) is 11.8. The summed E-state index contributed by atoms with van der Waals surface area (Å²) in [6, 6.07) is 7.84. The lowest BCUT2D eigenvalue weighted by Crippen LogP contribution is -2.54. The van der Waals surface area contributed by atoms with E-state index in [2.05, 4.69) is 4.90 Å². The predicted octanol–water partition coefficient (Wildman–Crippen LogP) is 3.53. The summed E-state index contributed by atoms with van der Waals surface area (Å²) < 4.78 is 22.2. The molecule has 0 N–H and O–H groups in total. The van der Waals surface area contributed by atoms with Crippen molar-refractivity contribution in [3.63, 3.8) is 0 Å². The molecule has 0 spiro atoms. The largest absolute Gasteiger partial charge is 0.508 e. The van der Waals surface area contributed by atoms with Crippen LogP contribution in [-0.4, -0.2) is 68.2 Å². The Morgan fingerprint density at radius 1 is 1.00 bits per heavy atom. The highest BCUT2D eigenvalue weighted by molar-refractivity contribution is 5.94. The van der Waals surface area contributed by atoms with Crippen LogP contribution < -0.4 is 0 Å². The lowest BCUT2D eigenvalue weighted by Gasteiger charge is -2.51. The van der Waals surface area contributed by atoms with E-state index in [1.165, 1.54) is 21.3 Å². The van der Waals surface area contributed by atoms with E-state index in [1.54, 1.807) is 4.57 Å². The van der Waals surface area contributed by atoms with Crippen LogP contribution in [0.5, 0.6) is 0 Å². The zero-order chi connectivity index (χ0) is 24.0. The summed E-state index contributed by atoms with van der Waals surface area (Å²) in [5.74, 6) is -0.726. The first-order valence-corrected chi connectivity index (χ1v) is 11.8. The number of para-hydroxylation sites is 1. The molecule has 1 aliphatic carbocycles. The van der Waals surface area contributed by atoms with Gasteiger partial charge in [0.15, 0.2) is 0 Å². The Labute approximate surface area is 197 Å². The van der Waals surface area contributed by atoms with Crippen molar-refractivity contribution in [2.45, 2.75) is 37.8 Å². The molecule has 0 amide bonds. The summed E-state index contributed by atoms with van der Waals surface area (Å²) in [6.07, 6.45) is 1.14. The van der Waals surface area contributed by atoms with Gasteiger partial charge in [0.2, 0.25) is 0 Å².